The largest absolute Gasteiger partial charge is 0.399 e. The molecule has 0 radical (unpaired) electrons. The Kier molecular flexibility index (Phi) is 2.89. The summed E-state index contributed by atoms with van der Waals surface area (Å²) in [4.78, 5) is 16.4. The molecular weight excluding hydrogens is 258 g/mol. The third kappa shape index (κ3) is 2.41. The second kappa shape index (κ2) is 4.70. The van der Waals surface area contributed by atoms with Crippen molar-refractivity contribution in [3.63, 3.8) is 0 Å². The fraction of sp³-hybridized carbons (Fsp3) is 0. The number of hydrogen-bond acceptors (Lipinski definition) is 4. The van der Waals surface area contributed by atoms with Crippen LogP contribution in [0.4, 0.5) is 10.8 Å². The molecule has 2 aromatic carbocycles. The minimum Gasteiger partial charge on any atom is -0.399 e. The van der Waals surface area contributed by atoms with Gasteiger partial charge in [0, 0.05) is 11.3 Å². The van der Waals surface area contributed by atoms with Gasteiger partial charge in [0.1, 0.15) is 0 Å². The number of aromatic nitrogens is 1. The first-order valence-corrected chi connectivity index (χ1v) is 6.56. The number of thiazole rings is 1. The SMILES string of the molecule is Nc1cccc(C(=O)Nc2nc3ccccc3s2)c1. The summed E-state index contributed by atoms with van der Waals surface area (Å²) in [7, 11) is 0. The minimum absolute atomic E-state index is 0.202. The zero-order valence-electron chi connectivity index (χ0n) is 9.96. The van der Waals surface area contributed by atoms with Gasteiger partial charge < -0.3 is 5.73 Å². The van der Waals surface area contributed by atoms with E-state index in [1.807, 2.05) is 24.3 Å². The second-order valence-corrected chi connectivity index (χ2v) is 5.10. The molecule has 0 fully saturated rings. The molecule has 0 atom stereocenters. The number of nitrogen functional groups attached to an aromatic ring is 1. The van der Waals surface area contributed by atoms with E-state index >= 15 is 0 Å². The van der Waals surface area contributed by atoms with Gasteiger partial charge in [0.2, 0.25) is 0 Å². The Morgan fingerprint density at radius 3 is 2.79 bits per heavy atom. The summed E-state index contributed by atoms with van der Waals surface area (Å²) in [6.45, 7) is 0. The third-order valence-corrected chi connectivity index (χ3v) is 3.61. The van der Waals surface area contributed by atoms with Crippen LogP contribution in [0.25, 0.3) is 10.2 Å². The van der Waals surface area contributed by atoms with Crippen LogP contribution in [0.5, 0.6) is 0 Å². The molecule has 1 heterocycles. The molecule has 1 amide bonds. The number of fused-ring (bicyclic) bond motifs is 1. The second-order valence-electron chi connectivity index (χ2n) is 4.07. The first-order chi connectivity index (χ1) is 9.22. The van der Waals surface area contributed by atoms with Crippen LogP contribution >= 0.6 is 11.3 Å². The van der Waals surface area contributed by atoms with Gasteiger partial charge in [-0.1, -0.05) is 29.5 Å². The molecule has 19 heavy (non-hydrogen) atoms. The van der Waals surface area contributed by atoms with Gasteiger partial charge in [0.25, 0.3) is 5.91 Å². The smallest absolute Gasteiger partial charge is 0.257 e. The normalized spacial score (nSPS) is 10.5. The summed E-state index contributed by atoms with van der Waals surface area (Å²) in [5, 5.41) is 3.38. The Hall–Kier alpha value is -2.40. The van der Waals surface area contributed by atoms with Crippen LogP contribution in [0.3, 0.4) is 0 Å². The van der Waals surface area contributed by atoms with E-state index in [4.69, 9.17) is 5.73 Å². The molecule has 0 spiro atoms. The number of carbonyl (C=O) groups excluding carboxylic acids is 1. The maximum atomic E-state index is 12.0. The van der Waals surface area contributed by atoms with Crippen LogP contribution in [0, 0.1) is 0 Å². The Labute approximate surface area is 113 Å². The number of rotatable bonds is 2. The molecule has 0 saturated heterocycles. The number of carbonyl (C=O) groups is 1. The molecule has 1 aromatic heterocycles. The molecule has 0 unspecified atom stereocenters. The lowest BCUT2D eigenvalue weighted by Gasteiger charge is -2.02. The van der Waals surface area contributed by atoms with E-state index in [0.717, 1.165) is 10.2 Å². The van der Waals surface area contributed by atoms with E-state index in [2.05, 4.69) is 10.3 Å². The fourth-order valence-electron chi connectivity index (χ4n) is 1.77. The number of benzene rings is 2. The highest BCUT2D eigenvalue weighted by Gasteiger charge is 2.09. The van der Waals surface area contributed by atoms with Gasteiger partial charge in [0.05, 0.1) is 10.2 Å². The van der Waals surface area contributed by atoms with E-state index in [9.17, 15) is 4.79 Å². The van der Waals surface area contributed by atoms with Gasteiger partial charge in [0.15, 0.2) is 5.13 Å². The first kappa shape index (κ1) is 11.7. The van der Waals surface area contributed by atoms with Gasteiger partial charge in [-0.3, -0.25) is 10.1 Å². The Morgan fingerprint density at radius 2 is 2.00 bits per heavy atom. The maximum absolute atomic E-state index is 12.0. The molecule has 0 aliphatic carbocycles. The zero-order valence-corrected chi connectivity index (χ0v) is 10.8. The monoisotopic (exact) mass is 269 g/mol. The predicted molar refractivity (Wildman–Crippen MR) is 78.4 cm³/mol. The first-order valence-electron chi connectivity index (χ1n) is 5.75. The highest BCUT2D eigenvalue weighted by molar-refractivity contribution is 7.22. The van der Waals surface area contributed by atoms with Crippen molar-refractivity contribution >= 4 is 38.3 Å². The molecule has 4 nitrogen and oxygen atoms in total. The summed E-state index contributed by atoms with van der Waals surface area (Å²) in [6, 6.07) is 14.6. The molecule has 0 aliphatic rings. The number of hydrogen-bond donors (Lipinski definition) is 2. The summed E-state index contributed by atoms with van der Waals surface area (Å²) in [5.41, 5.74) is 7.64. The standard InChI is InChI=1S/C14H11N3OS/c15-10-5-3-4-9(8-10)13(18)17-14-16-11-6-1-2-7-12(11)19-14/h1-8H,15H2,(H,16,17,18). The predicted octanol–water partition coefficient (Wildman–Crippen LogP) is 3.13. The molecule has 3 rings (SSSR count). The lowest BCUT2D eigenvalue weighted by atomic mass is 10.2. The van der Waals surface area contributed by atoms with E-state index in [-0.39, 0.29) is 5.91 Å². The molecule has 3 aromatic rings. The summed E-state index contributed by atoms with van der Waals surface area (Å²) in [6.07, 6.45) is 0. The number of amides is 1. The average molecular weight is 269 g/mol. The molecule has 0 saturated carbocycles. The van der Waals surface area contributed by atoms with E-state index in [1.165, 1.54) is 11.3 Å². The van der Waals surface area contributed by atoms with Gasteiger partial charge in [-0.15, -0.1) is 0 Å². The number of nitrogens with one attached hydrogen (secondary N) is 1. The van der Waals surface area contributed by atoms with Crippen molar-refractivity contribution in [2.75, 3.05) is 11.1 Å². The summed E-state index contributed by atoms with van der Waals surface area (Å²) in [5.74, 6) is -0.202. The van der Waals surface area contributed by atoms with Crippen LogP contribution in [0.15, 0.2) is 48.5 Å². The average Bonchev–Trinajstić information content (AvgIpc) is 2.80. The number of para-hydroxylation sites is 1. The van der Waals surface area contributed by atoms with Gasteiger partial charge >= 0.3 is 0 Å². The highest BCUT2D eigenvalue weighted by Crippen LogP contribution is 2.25. The summed E-state index contributed by atoms with van der Waals surface area (Å²) >= 11 is 1.45. The van der Waals surface area contributed by atoms with E-state index in [1.54, 1.807) is 24.3 Å². The van der Waals surface area contributed by atoms with Crippen LogP contribution in [-0.4, -0.2) is 10.9 Å². The van der Waals surface area contributed by atoms with Gasteiger partial charge in [-0.25, -0.2) is 4.98 Å². The molecule has 94 valence electrons. The van der Waals surface area contributed by atoms with E-state index in [0.29, 0.717) is 16.4 Å². The van der Waals surface area contributed by atoms with Crippen LogP contribution in [-0.2, 0) is 0 Å². The van der Waals surface area contributed by atoms with Crippen molar-refractivity contribution in [1.82, 2.24) is 4.98 Å². The molecule has 3 N–H and O–H groups in total. The van der Waals surface area contributed by atoms with Crippen molar-refractivity contribution in [2.45, 2.75) is 0 Å². The quantitative estimate of drug-likeness (QED) is 0.702. The summed E-state index contributed by atoms with van der Waals surface area (Å²) < 4.78 is 1.05. The zero-order chi connectivity index (χ0) is 13.2. The number of nitrogens with two attached hydrogens (primary N) is 1. The van der Waals surface area contributed by atoms with Crippen molar-refractivity contribution < 1.29 is 4.79 Å². The minimum atomic E-state index is -0.202. The maximum Gasteiger partial charge on any atom is 0.257 e. The molecular formula is C14H11N3OS. The van der Waals surface area contributed by atoms with Crippen molar-refractivity contribution in [1.29, 1.82) is 0 Å². The number of nitrogens with zero attached hydrogens (tertiary/aromatic N) is 1. The van der Waals surface area contributed by atoms with Crippen LogP contribution < -0.4 is 11.1 Å². The molecule has 5 heteroatoms. The molecule has 0 aliphatic heterocycles. The Morgan fingerprint density at radius 1 is 1.16 bits per heavy atom. The fourth-order valence-corrected chi connectivity index (χ4v) is 2.64. The van der Waals surface area contributed by atoms with E-state index < -0.39 is 0 Å². The highest BCUT2D eigenvalue weighted by atomic mass is 32.1. The molecule has 0 bridgehead atoms. The lowest BCUT2D eigenvalue weighted by Crippen LogP contribution is -2.11. The van der Waals surface area contributed by atoms with Gasteiger partial charge in [-0.05, 0) is 30.3 Å². The van der Waals surface area contributed by atoms with Gasteiger partial charge in [-0.2, -0.15) is 0 Å². The van der Waals surface area contributed by atoms with Crippen molar-refractivity contribution in [3.05, 3.63) is 54.1 Å². The lowest BCUT2D eigenvalue weighted by molar-refractivity contribution is 0.102. The number of anilines is 2. The Balaban J connectivity index is 1.86. The third-order valence-electron chi connectivity index (χ3n) is 2.66. The van der Waals surface area contributed by atoms with Crippen LogP contribution in [0.1, 0.15) is 10.4 Å². The van der Waals surface area contributed by atoms with Crippen molar-refractivity contribution in [2.24, 2.45) is 0 Å². The Bertz CT molecular complexity index is 718. The van der Waals surface area contributed by atoms with Crippen LogP contribution in [0.2, 0.25) is 0 Å². The topological polar surface area (TPSA) is 68.0 Å². The van der Waals surface area contributed by atoms with Crippen molar-refractivity contribution in [3.8, 4) is 0 Å².